The summed E-state index contributed by atoms with van der Waals surface area (Å²) in [5.41, 5.74) is 0.263. The van der Waals surface area contributed by atoms with Crippen LogP contribution in [0.1, 0.15) is 25.5 Å². The molecule has 0 amide bonds. The van der Waals surface area contributed by atoms with Crippen molar-refractivity contribution in [2.45, 2.75) is 32.2 Å². The number of aliphatic carboxylic acids is 1. The Labute approximate surface area is 111 Å². The molecular weight excluding hydrogens is 253 g/mol. The molecule has 0 radical (unpaired) electrons. The molecular formula is C12H18FN3O3. The average molecular weight is 271 g/mol. The van der Waals surface area contributed by atoms with Gasteiger partial charge in [0.15, 0.2) is 11.6 Å². The first kappa shape index (κ1) is 15.3. The lowest BCUT2D eigenvalue weighted by atomic mass is 10.1. The minimum absolute atomic E-state index is 0.0725. The average Bonchev–Trinajstić information content (AvgIpc) is 2.39. The number of aryl methyl sites for hydroxylation is 1. The summed E-state index contributed by atoms with van der Waals surface area (Å²) >= 11 is 0. The van der Waals surface area contributed by atoms with Crippen LogP contribution in [0, 0.1) is 5.82 Å². The molecule has 0 fully saturated rings. The molecule has 6 nitrogen and oxygen atoms in total. The summed E-state index contributed by atoms with van der Waals surface area (Å²) in [5, 5.41) is 11.7. The van der Waals surface area contributed by atoms with Crippen LogP contribution in [-0.4, -0.2) is 40.8 Å². The SMILES string of the molecule is CCc1ncnc(NC(CCCOC)C(=O)O)c1F. The lowest BCUT2D eigenvalue weighted by molar-refractivity contribution is -0.138. The van der Waals surface area contributed by atoms with Crippen molar-refractivity contribution in [3.05, 3.63) is 17.8 Å². The van der Waals surface area contributed by atoms with Gasteiger partial charge in [-0.25, -0.2) is 19.2 Å². The van der Waals surface area contributed by atoms with E-state index in [-0.39, 0.29) is 11.5 Å². The number of nitrogens with one attached hydrogen (secondary N) is 1. The van der Waals surface area contributed by atoms with E-state index in [0.29, 0.717) is 25.9 Å². The molecule has 1 aromatic heterocycles. The summed E-state index contributed by atoms with van der Waals surface area (Å²) in [5.74, 6) is -1.72. The number of nitrogens with zero attached hydrogens (tertiary/aromatic N) is 2. The first-order valence-electron chi connectivity index (χ1n) is 6.07. The maximum Gasteiger partial charge on any atom is 0.326 e. The van der Waals surface area contributed by atoms with Crippen molar-refractivity contribution in [3.63, 3.8) is 0 Å². The van der Waals surface area contributed by atoms with E-state index in [1.165, 1.54) is 6.33 Å². The van der Waals surface area contributed by atoms with Crippen LogP contribution in [-0.2, 0) is 16.0 Å². The third kappa shape index (κ3) is 4.44. The second-order valence-corrected chi connectivity index (χ2v) is 4.01. The highest BCUT2D eigenvalue weighted by Crippen LogP contribution is 2.15. The quantitative estimate of drug-likeness (QED) is 0.696. The Kier molecular flexibility index (Phi) is 6.14. The van der Waals surface area contributed by atoms with Gasteiger partial charge in [0.2, 0.25) is 0 Å². The minimum atomic E-state index is -1.05. The number of anilines is 1. The van der Waals surface area contributed by atoms with Crippen molar-refractivity contribution in [1.82, 2.24) is 9.97 Å². The fraction of sp³-hybridized carbons (Fsp3) is 0.583. The van der Waals surface area contributed by atoms with Gasteiger partial charge in [-0.1, -0.05) is 6.92 Å². The molecule has 0 saturated heterocycles. The van der Waals surface area contributed by atoms with Gasteiger partial charge in [-0.05, 0) is 19.3 Å². The molecule has 0 spiro atoms. The van der Waals surface area contributed by atoms with Gasteiger partial charge in [-0.2, -0.15) is 0 Å². The minimum Gasteiger partial charge on any atom is -0.480 e. The van der Waals surface area contributed by atoms with Crippen molar-refractivity contribution in [1.29, 1.82) is 0 Å². The molecule has 1 atom stereocenters. The van der Waals surface area contributed by atoms with Crippen LogP contribution >= 0.6 is 0 Å². The third-order valence-electron chi connectivity index (χ3n) is 2.65. The van der Waals surface area contributed by atoms with Gasteiger partial charge in [0, 0.05) is 13.7 Å². The molecule has 19 heavy (non-hydrogen) atoms. The molecule has 0 aliphatic heterocycles. The molecule has 0 aromatic carbocycles. The highest BCUT2D eigenvalue weighted by Gasteiger charge is 2.20. The number of methoxy groups -OCH3 is 1. The van der Waals surface area contributed by atoms with Crippen LogP contribution in [0.25, 0.3) is 0 Å². The number of ether oxygens (including phenoxy) is 1. The molecule has 1 heterocycles. The Morgan fingerprint density at radius 1 is 1.58 bits per heavy atom. The Morgan fingerprint density at radius 2 is 2.32 bits per heavy atom. The topological polar surface area (TPSA) is 84.3 Å². The van der Waals surface area contributed by atoms with Crippen LogP contribution in [0.3, 0.4) is 0 Å². The van der Waals surface area contributed by atoms with Crippen molar-refractivity contribution >= 4 is 11.8 Å². The number of carbonyl (C=O) groups is 1. The molecule has 106 valence electrons. The summed E-state index contributed by atoms with van der Waals surface area (Å²) in [6.07, 6.45) is 2.53. The molecule has 0 aliphatic carbocycles. The van der Waals surface area contributed by atoms with Gasteiger partial charge in [0.1, 0.15) is 12.4 Å². The summed E-state index contributed by atoms with van der Waals surface area (Å²) in [6, 6.07) is -0.899. The summed E-state index contributed by atoms with van der Waals surface area (Å²) in [4.78, 5) is 18.6. The van der Waals surface area contributed by atoms with E-state index in [9.17, 15) is 9.18 Å². The van der Waals surface area contributed by atoms with E-state index in [1.807, 2.05) is 0 Å². The number of halogens is 1. The normalized spacial score (nSPS) is 12.2. The molecule has 1 rings (SSSR count). The molecule has 1 aromatic rings. The molecule has 0 aliphatic rings. The van der Waals surface area contributed by atoms with Gasteiger partial charge < -0.3 is 15.2 Å². The van der Waals surface area contributed by atoms with Gasteiger partial charge in [-0.3, -0.25) is 0 Å². The van der Waals surface area contributed by atoms with Crippen molar-refractivity contribution in [2.75, 3.05) is 19.0 Å². The first-order chi connectivity index (χ1) is 9.10. The highest BCUT2D eigenvalue weighted by molar-refractivity contribution is 5.76. The fourth-order valence-corrected chi connectivity index (χ4v) is 1.61. The van der Waals surface area contributed by atoms with Gasteiger partial charge >= 0.3 is 5.97 Å². The van der Waals surface area contributed by atoms with E-state index >= 15 is 0 Å². The zero-order valence-corrected chi connectivity index (χ0v) is 11.0. The van der Waals surface area contributed by atoms with E-state index in [4.69, 9.17) is 9.84 Å². The fourth-order valence-electron chi connectivity index (χ4n) is 1.61. The Morgan fingerprint density at radius 3 is 2.89 bits per heavy atom. The smallest absolute Gasteiger partial charge is 0.326 e. The molecule has 0 bridgehead atoms. The number of aromatic nitrogens is 2. The van der Waals surface area contributed by atoms with Crippen LogP contribution in [0.5, 0.6) is 0 Å². The number of hydrogen-bond donors (Lipinski definition) is 2. The predicted molar refractivity (Wildman–Crippen MR) is 67.5 cm³/mol. The maximum atomic E-state index is 13.9. The van der Waals surface area contributed by atoms with Crippen molar-refractivity contribution in [2.24, 2.45) is 0 Å². The first-order valence-corrected chi connectivity index (χ1v) is 6.07. The Bertz CT molecular complexity index is 429. The molecule has 2 N–H and O–H groups in total. The van der Waals surface area contributed by atoms with E-state index in [0.717, 1.165) is 0 Å². The standard InChI is InChI=1S/C12H18FN3O3/c1-3-8-10(13)11(15-7-14-8)16-9(12(17)18)5-4-6-19-2/h7,9H,3-6H2,1-2H3,(H,17,18)(H,14,15,16). The lowest BCUT2D eigenvalue weighted by Gasteiger charge is -2.15. The van der Waals surface area contributed by atoms with Gasteiger partial charge in [0.25, 0.3) is 0 Å². The van der Waals surface area contributed by atoms with Gasteiger partial charge in [-0.15, -0.1) is 0 Å². The highest BCUT2D eigenvalue weighted by atomic mass is 19.1. The van der Waals surface area contributed by atoms with E-state index in [1.54, 1.807) is 14.0 Å². The van der Waals surface area contributed by atoms with Crippen molar-refractivity contribution < 1.29 is 19.0 Å². The maximum absolute atomic E-state index is 13.9. The second-order valence-electron chi connectivity index (χ2n) is 4.01. The monoisotopic (exact) mass is 271 g/mol. The van der Waals surface area contributed by atoms with Gasteiger partial charge in [0.05, 0.1) is 5.69 Å². The number of carboxylic acids is 1. The second kappa shape index (κ2) is 7.63. The molecule has 7 heteroatoms. The Balaban J connectivity index is 2.76. The van der Waals surface area contributed by atoms with Crippen LogP contribution in [0.4, 0.5) is 10.2 Å². The van der Waals surface area contributed by atoms with Crippen LogP contribution in [0.15, 0.2) is 6.33 Å². The summed E-state index contributed by atoms with van der Waals surface area (Å²) < 4.78 is 18.7. The third-order valence-corrected chi connectivity index (χ3v) is 2.65. The largest absolute Gasteiger partial charge is 0.480 e. The van der Waals surface area contributed by atoms with E-state index in [2.05, 4.69) is 15.3 Å². The molecule has 0 saturated carbocycles. The number of carboxylic acid groups (broad SMARTS) is 1. The zero-order valence-electron chi connectivity index (χ0n) is 11.0. The summed E-state index contributed by atoms with van der Waals surface area (Å²) in [7, 11) is 1.54. The summed E-state index contributed by atoms with van der Waals surface area (Å²) in [6.45, 7) is 2.22. The predicted octanol–water partition coefficient (Wildman–Crippen LogP) is 1.47. The number of hydrogen-bond acceptors (Lipinski definition) is 5. The number of rotatable bonds is 8. The zero-order chi connectivity index (χ0) is 14.3. The molecule has 1 unspecified atom stereocenters. The lowest BCUT2D eigenvalue weighted by Crippen LogP contribution is -2.30. The van der Waals surface area contributed by atoms with Crippen LogP contribution < -0.4 is 5.32 Å². The Hall–Kier alpha value is -1.76. The van der Waals surface area contributed by atoms with E-state index < -0.39 is 17.8 Å². The van der Waals surface area contributed by atoms with Crippen LogP contribution in [0.2, 0.25) is 0 Å². The van der Waals surface area contributed by atoms with Crippen molar-refractivity contribution in [3.8, 4) is 0 Å².